The van der Waals surface area contributed by atoms with Gasteiger partial charge >= 0.3 is 0 Å². The third kappa shape index (κ3) is 1.42. The highest BCUT2D eigenvalue weighted by atomic mass is 16.5. The molecule has 14 heavy (non-hydrogen) atoms. The lowest BCUT2D eigenvalue weighted by atomic mass is 9.98. The fraction of sp³-hybridized carbons (Fsp3) is 0.400. The molecule has 0 unspecified atom stereocenters. The van der Waals surface area contributed by atoms with Crippen molar-refractivity contribution < 1.29 is 14.9 Å². The smallest absolute Gasteiger partial charge is 0.160 e. The molecule has 4 nitrogen and oxygen atoms in total. The normalized spacial score (nSPS) is 20.3. The molecule has 1 heterocycles. The number of rotatable bonds is 1. The van der Waals surface area contributed by atoms with E-state index < -0.39 is 6.10 Å². The van der Waals surface area contributed by atoms with Crippen LogP contribution in [0.1, 0.15) is 17.2 Å². The zero-order valence-electron chi connectivity index (χ0n) is 7.95. The first-order chi connectivity index (χ1) is 6.72. The summed E-state index contributed by atoms with van der Waals surface area (Å²) in [6.07, 6.45) is -0.546. The second-order valence-corrected chi connectivity index (χ2v) is 3.37. The summed E-state index contributed by atoms with van der Waals surface area (Å²) in [5, 5.41) is 22.2. The van der Waals surface area contributed by atoms with Crippen molar-refractivity contribution in [2.24, 2.45) is 0 Å². The quantitative estimate of drug-likeness (QED) is 0.612. The highest BCUT2D eigenvalue weighted by Crippen LogP contribution is 2.33. The van der Waals surface area contributed by atoms with Gasteiger partial charge in [-0.05, 0) is 23.3 Å². The summed E-state index contributed by atoms with van der Waals surface area (Å²) in [7, 11) is 1.51. The Morgan fingerprint density at radius 3 is 3.00 bits per heavy atom. The minimum atomic E-state index is -0.546. The van der Waals surface area contributed by atoms with Crippen molar-refractivity contribution in [2.75, 3.05) is 13.7 Å². The maximum atomic E-state index is 9.63. The van der Waals surface area contributed by atoms with Gasteiger partial charge in [-0.3, -0.25) is 0 Å². The van der Waals surface area contributed by atoms with Crippen LogP contribution in [0.2, 0.25) is 0 Å². The van der Waals surface area contributed by atoms with Crippen LogP contribution < -0.4 is 10.1 Å². The number of hydrogen-bond donors (Lipinski definition) is 3. The van der Waals surface area contributed by atoms with Gasteiger partial charge in [-0.15, -0.1) is 0 Å². The van der Waals surface area contributed by atoms with Gasteiger partial charge in [0.25, 0.3) is 0 Å². The Labute approximate surface area is 82.1 Å². The zero-order chi connectivity index (χ0) is 10.1. The van der Waals surface area contributed by atoms with Crippen LogP contribution in [0.4, 0.5) is 0 Å². The summed E-state index contributed by atoms with van der Waals surface area (Å²) in [5.41, 5.74) is 1.75. The number of phenols is 1. The molecule has 1 aliphatic rings. The van der Waals surface area contributed by atoms with Gasteiger partial charge in [0.1, 0.15) is 0 Å². The van der Waals surface area contributed by atoms with E-state index in [9.17, 15) is 10.2 Å². The molecule has 1 aromatic carbocycles. The number of phenolic OH excluding ortho intramolecular Hbond substituents is 1. The summed E-state index contributed by atoms with van der Waals surface area (Å²) < 4.78 is 4.99. The monoisotopic (exact) mass is 195 g/mol. The number of ether oxygens (including phenoxy) is 1. The van der Waals surface area contributed by atoms with Crippen LogP contribution in [0, 0.1) is 0 Å². The molecule has 1 aliphatic heterocycles. The SMILES string of the molecule is COc1cc2c(cc1O)[C@@H](O)CNC2. The largest absolute Gasteiger partial charge is 0.504 e. The van der Waals surface area contributed by atoms with Crippen molar-refractivity contribution in [3.63, 3.8) is 0 Å². The summed E-state index contributed by atoms with van der Waals surface area (Å²) in [4.78, 5) is 0. The lowest BCUT2D eigenvalue weighted by Crippen LogP contribution is -2.27. The Morgan fingerprint density at radius 2 is 2.29 bits per heavy atom. The summed E-state index contributed by atoms with van der Waals surface area (Å²) in [5.74, 6) is 0.520. The van der Waals surface area contributed by atoms with Gasteiger partial charge in [-0.25, -0.2) is 0 Å². The van der Waals surface area contributed by atoms with Gasteiger partial charge in [0, 0.05) is 13.1 Å². The average Bonchev–Trinajstić information content (AvgIpc) is 2.19. The third-order valence-electron chi connectivity index (χ3n) is 2.45. The predicted molar refractivity (Wildman–Crippen MR) is 51.3 cm³/mol. The molecule has 0 aliphatic carbocycles. The summed E-state index contributed by atoms with van der Waals surface area (Å²) >= 11 is 0. The van der Waals surface area contributed by atoms with E-state index in [4.69, 9.17) is 4.74 Å². The van der Waals surface area contributed by atoms with Crippen LogP contribution >= 0.6 is 0 Å². The Balaban J connectivity index is 2.48. The number of methoxy groups -OCH3 is 1. The minimum absolute atomic E-state index is 0.0761. The van der Waals surface area contributed by atoms with Gasteiger partial charge in [0.15, 0.2) is 11.5 Å². The van der Waals surface area contributed by atoms with Gasteiger partial charge in [0.05, 0.1) is 13.2 Å². The van der Waals surface area contributed by atoms with Crippen LogP contribution in [0.3, 0.4) is 0 Å². The van der Waals surface area contributed by atoms with E-state index in [0.717, 1.165) is 11.1 Å². The average molecular weight is 195 g/mol. The standard InChI is InChI=1S/C10H13NO3/c1-14-10-2-6-4-11-5-9(13)7(6)3-8(10)12/h2-3,9,11-13H,4-5H2,1H3/t9-/m0/s1. The van der Waals surface area contributed by atoms with Gasteiger partial charge in [0.2, 0.25) is 0 Å². The van der Waals surface area contributed by atoms with Gasteiger partial charge in [-0.2, -0.15) is 0 Å². The van der Waals surface area contributed by atoms with E-state index in [1.54, 1.807) is 12.1 Å². The molecule has 0 spiro atoms. The third-order valence-corrected chi connectivity index (χ3v) is 2.45. The van der Waals surface area contributed by atoms with Crippen molar-refractivity contribution in [1.82, 2.24) is 5.32 Å². The molecule has 1 atom stereocenters. The highest BCUT2D eigenvalue weighted by Gasteiger charge is 2.19. The van der Waals surface area contributed by atoms with Crippen molar-refractivity contribution in [3.05, 3.63) is 23.3 Å². The van der Waals surface area contributed by atoms with Crippen LogP contribution in [0.25, 0.3) is 0 Å². The highest BCUT2D eigenvalue weighted by molar-refractivity contribution is 5.48. The number of nitrogens with one attached hydrogen (secondary N) is 1. The molecule has 0 saturated carbocycles. The Morgan fingerprint density at radius 1 is 1.50 bits per heavy atom. The minimum Gasteiger partial charge on any atom is -0.504 e. The van der Waals surface area contributed by atoms with Crippen LogP contribution in [0.15, 0.2) is 12.1 Å². The topological polar surface area (TPSA) is 61.7 Å². The molecule has 0 fully saturated rings. The van der Waals surface area contributed by atoms with Crippen molar-refractivity contribution in [1.29, 1.82) is 0 Å². The number of fused-ring (bicyclic) bond motifs is 1. The Hall–Kier alpha value is -1.26. The van der Waals surface area contributed by atoms with Crippen LogP contribution in [-0.2, 0) is 6.54 Å². The molecule has 0 bridgehead atoms. The second kappa shape index (κ2) is 3.48. The van der Waals surface area contributed by atoms with Gasteiger partial charge < -0.3 is 20.3 Å². The molecule has 4 heteroatoms. The first kappa shape index (κ1) is 9.30. The molecule has 2 rings (SSSR count). The molecule has 76 valence electrons. The molecule has 0 amide bonds. The molecule has 0 saturated heterocycles. The molecule has 0 radical (unpaired) electrons. The molecule has 0 aromatic heterocycles. The number of hydrogen-bond acceptors (Lipinski definition) is 4. The number of aliphatic hydroxyl groups is 1. The van der Waals surface area contributed by atoms with Crippen molar-refractivity contribution in [3.8, 4) is 11.5 Å². The Bertz CT molecular complexity index is 351. The summed E-state index contributed by atoms with van der Waals surface area (Å²) in [6, 6.07) is 3.32. The fourth-order valence-corrected chi connectivity index (χ4v) is 1.71. The number of aromatic hydroxyl groups is 1. The maximum absolute atomic E-state index is 9.63. The zero-order valence-corrected chi connectivity index (χ0v) is 7.95. The van der Waals surface area contributed by atoms with E-state index in [1.165, 1.54) is 7.11 Å². The first-order valence-electron chi connectivity index (χ1n) is 4.51. The van der Waals surface area contributed by atoms with Crippen LogP contribution in [0.5, 0.6) is 11.5 Å². The van der Waals surface area contributed by atoms with Crippen molar-refractivity contribution >= 4 is 0 Å². The predicted octanol–water partition coefficient (Wildman–Crippen LogP) is 0.537. The number of benzene rings is 1. The van der Waals surface area contributed by atoms with E-state index in [2.05, 4.69) is 5.32 Å². The van der Waals surface area contributed by atoms with Crippen LogP contribution in [-0.4, -0.2) is 23.9 Å². The van der Waals surface area contributed by atoms with E-state index >= 15 is 0 Å². The van der Waals surface area contributed by atoms with E-state index in [-0.39, 0.29) is 5.75 Å². The molecular weight excluding hydrogens is 182 g/mol. The fourth-order valence-electron chi connectivity index (χ4n) is 1.71. The summed E-state index contributed by atoms with van der Waals surface area (Å²) in [6.45, 7) is 1.22. The first-order valence-corrected chi connectivity index (χ1v) is 4.51. The second-order valence-electron chi connectivity index (χ2n) is 3.37. The van der Waals surface area contributed by atoms with E-state index in [1.807, 2.05) is 0 Å². The maximum Gasteiger partial charge on any atom is 0.160 e. The molecular formula is C10H13NO3. The molecule has 1 aromatic rings. The Kier molecular flexibility index (Phi) is 2.31. The number of β-amino-alcohol motifs (C(OH)–C–C–N with tert-alkyl or cyclic N) is 1. The van der Waals surface area contributed by atoms with Gasteiger partial charge in [-0.1, -0.05) is 0 Å². The lowest BCUT2D eigenvalue weighted by molar-refractivity contribution is 0.164. The lowest BCUT2D eigenvalue weighted by Gasteiger charge is -2.23. The van der Waals surface area contributed by atoms with Crippen molar-refractivity contribution in [2.45, 2.75) is 12.6 Å². The molecule has 3 N–H and O–H groups in total. The number of aliphatic hydroxyl groups excluding tert-OH is 1. The van der Waals surface area contributed by atoms with E-state index in [0.29, 0.717) is 18.8 Å².